The molecular formula is C12H15P. The maximum absolute atomic E-state index is 2.36. The Morgan fingerprint density at radius 3 is 2.62 bits per heavy atom. The van der Waals surface area contributed by atoms with Gasteiger partial charge < -0.3 is 0 Å². The second-order valence-corrected chi connectivity index (χ2v) is 5.37. The first-order valence-electron chi connectivity index (χ1n) is 4.74. The quantitative estimate of drug-likeness (QED) is 0.553. The van der Waals surface area contributed by atoms with Gasteiger partial charge in [0.15, 0.2) is 0 Å². The Morgan fingerprint density at radius 2 is 2.15 bits per heavy atom. The van der Waals surface area contributed by atoms with E-state index < -0.39 is 0 Å². The molecule has 0 amide bonds. The summed E-state index contributed by atoms with van der Waals surface area (Å²) in [4.78, 5) is 0. The van der Waals surface area contributed by atoms with Crippen molar-refractivity contribution in [1.29, 1.82) is 0 Å². The predicted octanol–water partition coefficient (Wildman–Crippen LogP) is 3.73. The van der Waals surface area contributed by atoms with Gasteiger partial charge in [-0.2, -0.15) is 0 Å². The first-order valence-corrected chi connectivity index (χ1v) is 5.70. The van der Waals surface area contributed by atoms with Gasteiger partial charge in [-0.05, 0) is 44.1 Å². The van der Waals surface area contributed by atoms with Crippen LogP contribution in [0.5, 0.6) is 0 Å². The van der Waals surface area contributed by atoms with E-state index in [1.807, 2.05) is 0 Å². The molecule has 0 aromatic rings. The van der Waals surface area contributed by atoms with Crippen LogP contribution in [0.15, 0.2) is 34.9 Å². The van der Waals surface area contributed by atoms with Gasteiger partial charge in [-0.3, -0.25) is 0 Å². The standard InChI is InChI=1S/C12H15P/c1-9-8-13-12(3,10(9)2)11-6-4-5-7-11/h4-6,8H,7H2,1-3H3. The molecule has 1 unspecified atom stereocenters. The normalized spacial score (nSPS) is 33.0. The second-order valence-electron chi connectivity index (χ2n) is 3.96. The molecule has 0 radical (unpaired) electrons. The SMILES string of the molecule is CC1=C(C)C(C)(C2=CC=CC2)P=C1. The Hall–Kier alpha value is -0.610. The van der Waals surface area contributed by atoms with Crippen molar-refractivity contribution in [3.8, 4) is 0 Å². The summed E-state index contributed by atoms with van der Waals surface area (Å²) in [6, 6.07) is 0. The number of hydrogen-bond donors (Lipinski definition) is 0. The molecule has 0 nitrogen and oxygen atoms in total. The summed E-state index contributed by atoms with van der Waals surface area (Å²) in [6.45, 7) is 6.84. The van der Waals surface area contributed by atoms with Crippen LogP contribution in [0.4, 0.5) is 0 Å². The summed E-state index contributed by atoms with van der Waals surface area (Å²) in [5.41, 5.74) is 4.58. The molecule has 0 spiro atoms. The maximum Gasteiger partial charge on any atom is 0.0520 e. The van der Waals surface area contributed by atoms with E-state index in [1.165, 1.54) is 13.8 Å². The lowest BCUT2D eigenvalue weighted by Crippen LogP contribution is -2.19. The summed E-state index contributed by atoms with van der Waals surface area (Å²) in [5.74, 6) is 2.34. The molecule has 0 saturated carbocycles. The number of allylic oxidation sites excluding steroid dienone is 6. The summed E-state index contributed by atoms with van der Waals surface area (Å²) >= 11 is 0. The molecule has 0 bridgehead atoms. The average molecular weight is 190 g/mol. The molecule has 0 saturated heterocycles. The predicted molar refractivity (Wildman–Crippen MR) is 61.6 cm³/mol. The van der Waals surface area contributed by atoms with Crippen LogP contribution in [0.25, 0.3) is 0 Å². The Bertz CT molecular complexity index is 355. The monoisotopic (exact) mass is 190 g/mol. The molecule has 0 fully saturated rings. The van der Waals surface area contributed by atoms with Crippen molar-refractivity contribution >= 4 is 14.0 Å². The maximum atomic E-state index is 2.36. The molecule has 0 aromatic heterocycles. The molecule has 1 aliphatic heterocycles. The van der Waals surface area contributed by atoms with Crippen molar-refractivity contribution in [2.24, 2.45) is 0 Å². The van der Waals surface area contributed by atoms with E-state index in [4.69, 9.17) is 0 Å². The van der Waals surface area contributed by atoms with Crippen molar-refractivity contribution < 1.29 is 0 Å². The lowest BCUT2D eigenvalue weighted by molar-refractivity contribution is 0.838. The van der Waals surface area contributed by atoms with Crippen molar-refractivity contribution in [2.45, 2.75) is 32.3 Å². The zero-order valence-corrected chi connectivity index (χ0v) is 9.36. The molecule has 1 heterocycles. The van der Waals surface area contributed by atoms with E-state index in [0.29, 0.717) is 5.16 Å². The van der Waals surface area contributed by atoms with Crippen LogP contribution in [0, 0.1) is 0 Å². The van der Waals surface area contributed by atoms with Crippen LogP contribution < -0.4 is 0 Å². The third-order valence-electron chi connectivity index (χ3n) is 3.23. The van der Waals surface area contributed by atoms with E-state index in [9.17, 15) is 0 Å². The third-order valence-corrected chi connectivity index (χ3v) is 4.89. The number of hydrogen-bond acceptors (Lipinski definition) is 0. The van der Waals surface area contributed by atoms with Gasteiger partial charge in [-0.1, -0.05) is 32.0 Å². The van der Waals surface area contributed by atoms with Crippen LogP contribution in [0.2, 0.25) is 0 Å². The highest BCUT2D eigenvalue weighted by Gasteiger charge is 2.32. The van der Waals surface area contributed by atoms with Crippen LogP contribution in [-0.4, -0.2) is 11.0 Å². The molecule has 1 aliphatic carbocycles. The molecule has 13 heavy (non-hydrogen) atoms. The minimum atomic E-state index is 0.299. The number of rotatable bonds is 1. The molecule has 2 aliphatic rings. The smallest absolute Gasteiger partial charge is 0.0520 e. The Balaban J connectivity index is 2.38. The van der Waals surface area contributed by atoms with Gasteiger partial charge in [0.2, 0.25) is 0 Å². The van der Waals surface area contributed by atoms with Crippen LogP contribution in [0.1, 0.15) is 27.2 Å². The highest BCUT2D eigenvalue weighted by Crippen LogP contribution is 2.46. The van der Waals surface area contributed by atoms with Crippen molar-refractivity contribution in [3.63, 3.8) is 0 Å². The Kier molecular flexibility index (Phi) is 2.04. The third kappa shape index (κ3) is 1.25. The van der Waals surface area contributed by atoms with Gasteiger partial charge >= 0.3 is 0 Å². The summed E-state index contributed by atoms with van der Waals surface area (Å²) in [5, 5.41) is 0.299. The highest BCUT2D eigenvalue weighted by atomic mass is 31.1. The zero-order valence-electron chi connectivity index (χ0n) is 8.46. The summed E-state index contributed by atoms with van der Waals surface area (Å²) < 4.78 is 0. The molecule has 68 valence electrons. The van der Waals surface area contributed by atoms with Crippen LogP contribution >= 0.6 is 8.20 Å². The molecule has 1 heteroatoms. The van der Waals surface area contributed by atoms with Gasteiger partial charge in [0.25, 0.3) is 0 Å². The lowest BCUT2D eigenvalue weighted by atomic mass is 9.89. The van der Waals surface area contributed by atoms with E-state index in [0.717, 1.165) is 6.42 Å². The van der Waals surface area contributed by atoms with Gasteiger partial charge in [0, 0.05) is 0 Å². The largest absolute Gasteiger partial charge is 0.0886 e. The molecule has 0 aromatic carbocycles. The van der Waals surface area contributed by atoms with Gasteiger partial charge in [-0.15, -0.1) is 0 Å². The zero-order chi connectivity index (χ0) is 9.47. The average Bonchev–Trinajstić information content (AvgIpc) is 2.71. The first kappa shape index (κ1) is 8.97. The highest BCUT2D eigenvalue weighted by molar-refractivity contribution is 7.42. The van der Waals surface area contributed by atoms with Crippen LogP contribution in [0.3, 0.4) is 0 Å². The minimum absolute atomic E-state index is 0.299. The second kappa shape index (κ2) is 2.96. The Labute approximate surface area is 81.8 Å². The Morgan fingerprint density at radius 1 is 1.38 bits per heavy atom. The van der Waals surface area contributed by atoms with Gasteiger partial charge in [-0.25, -0.2) is 0 Å². The molecule has 1 atom stereocenters. The lowest BCUT2D eigenvalue weighted by Gasteiger charge is -2.25. The molecular weight excluding hydrogens is 175 g/mol. The molecule has 0 N–H and O–H groups in total. The van der Waals surface area contributed by atoms with Gasteiger partial charge in [0.1, 0.15) is 0 Å². The van der Waals surface area contributed by atoms with E-state index >= 15 is 0 Å². The minimum Gasteiger partial charge on any atom is -0.0886 e. The van der Waals surface area contributed by atoms with Gasteiger partial charge in [0.05, 0.1) is 5.16 Å². The van der Waals surface area contributed by atoms with E-state index in [-0.39, 0.29) is 0 Å². The summed E-state index contributed by atoms with van der Waals surface area (Å²) in [6.07, 6.45) is 7.85. The first-order chi connectivity index (χ1) is 6.14. The van der Waals surface area contributed by atoms with E-state index in [2.05, 4.69) is 44.8 Å². The fourth-order valence-corrected chi connectivity index (χ4v) is 3.28. The molecule has 2 rings (SSSR count). The van der Waals surface area contributed by atoms with Crippen molar-refractivity contribution in [3.05, 3.63) is 34.9 Å². The summed E-state index contributed by atoms with van der Waals surface area (Å²) in [7, 11) is 1.45. The van der Waals surface area contributed by atoms with Crippen molar-refractivity contribution in [1.82, 2.24) is 0 Å². The van der Waals surface area contributed by atoms with E-state index in [1.54, 1.807) is 11.1 Å². The van der Waals surface area contributed by atoms with Crippen molar-refractivity contribution in [2.75, 3.05) is 0 Å². The van der Waals surface area contributed by atoms with Crippen LogP contribution in [-0.2, 0) is 0 Å². The fourth-order valence-electron chi connectivity index (χ4n) is 1.94. The topological polar surface area (TPSA) is 0 Å². The fraction of sp³-hybridized carbons (Fsp3) is 0.417.